The summed E-state index contributed by atoms with van der Waals surface area (Å²) in [5, 5.41) is 9.31. The van der Waals surface area contributed by atoms with Gasteiger partial charge in [0.1, 0.15) is 7.11 Å². The Labute approximate surface area is 56.2 Å². The quantitative estimate of drug-likeness (QED) is 0.468. The van der Waals surface area contributed by atoms with Gasteiger partial charge in [0.05, 0.1) is 0 Å². The van der Waals surface area contributed by atoms with Gasteiger partial charge in [-0.15, -0.1) is 11.3 Å². The lowest BCUT2D eigenvalue weighted by Crippen LogP contribution is -1.61. The number of rotatable bonds is 2. The second kappa shape index (κ2) is 3.13. The predicted octanol–water partition coefficient (Wildman–Crippen LogP) is 1.79. The van der Waals surface area contributed by atoms with Gasteiger partial charge in [-0.25, -0.2) is 4.98 Å². The SMILES string of the molecule is CO/N=N/c1nccs1. The van der Waals surface area contributed by atoms with E-state index in [9.17, 15) is 0 Å². The maximum absolute atomic E-state index is 4.34. The average Bonchev–Trinajstić information content (AvgIpc) is 2.34. The highest BCUT2D eigenvalue weighted by molar-refractivity contribution is 7.13. The molecule has 0 amide bonds. The summed E-state index contributed by atoms with van der Waals surface area (Å²) in [5.41, 5.74) is 0. The fourth-order valence-corrected chi connectivity index (χ4v) is 0.787. The summed E-state index contributed by atoms with van der Waals surface area (Å²) in [4.78, 5) is 8.17. The van der Waals surface area contributed by atoms with Gasteiger partial charge in [0.15, 0.2) is 0 Å². The molecule has 9 heavy (non-hydrogen) atoms. The molecular formula is C4H5N3OS. The van der Waals surface area contributed by atoms with Crippen molar-refractivity contribution in [1.82, 2.24) is 4.98 Å². The van der Waals surface area contributed by atoms with Crippen molar-refractivity contribution < 1.29 is 4.84 Å². The molecule has 0 spiro atoms. The van der Waals surface area contributed by atoms with E-state index in [1.165, 1.54) is 18.4 Å². The van der Waals surface area contributed by atoms with E-state index >= 15 is 0 Å². The van der Waals surface area contributed by atoms with Crippen molar-refractivity contribution in [1.29, 1.82) is 0 Å². The van der Waals surface area contributed by atoms with Crippen LogP contribution in [0.25, 0.3) is 0 Å². The highest BCUT2D eigenvalue weighted by Gasteiger charge is 1.86. The van der Waals surface area contributed by atoms with Gasteiger partial charge in [0, 0.05) is 16.9 Å². The van der Waals surface area contributed by atoms with Crippen molar-refractivity contribution in [2.24, 2.45) is 10.4 Å². The number of aromatic nitrogens is 1. The zero-order valence-corrected chi connectivity index (χ0v) is 5.63. The van der Waals surface area contributed by atoms with E-state index in [1.807, 2.05) is 5.38 Å². The van der Waals surface area contributed by atoms with Crippen LogP contribution in [-0.2, 0) is 4.84 Å². The number of hydrogen-bond acceptors (Lipinski definition) is 5. The lowest BCUT2D eigenvalue weighted by molar-refractivity contribution is 0.190. The van der Waals surface area contributed by atoms with E-state index in [2.05, 4.69) is 20.2 Å². The fourth-order valence-electron chi connectivity index (χ4n) is 0.341. The van der Waals surface area contributed by atoms with E-state index in [4.69, 9.17) is 0 Å². The Kier molecular flexibility index (Phi) is 2.14. The van der Waals surface area contributed by atoms with Crippen LogP contribution in [0.15, 0.2) is 22.0 Å². The lowest BCUT2D eigenvalue weighted by atomic mass is 11.0. The minimum absolute atomic E-state index is 0.608. The Morgan fingerprint density at radius 2 is 2.67 bits per heavy atom. The number of nitrogens with zero attached hydrogens (tertiary/aromatic N) is 3. The molecular weight excluding hydrogens is 138 g/mol. The van der Waals surface area contributed by atoms with Crippen molar-refractivity contribution in [3.63, 3.8) is 0 Å². The van der Waals surface area contributed by atoms with Crippen molar-refractivity contribution in [2.45, 2.75) is 0 Å². The van der Waals surface area contributed by atoms with Gasteiger partial charge in [0.2, 0.25) is 5.13 Å². The molecule has 0 aliphatic rings. The number of hydrogen-bond donors (Lipinski definition) is 0. The molecule has 4 nitrogen and oxygen atoms in total. The first kappa shape index (κ1) is 6.15. The third kappa shape index (κ3) is 1.77. The monoisotopic (exact) mass is 143 g/mol. The van der Waals surface area contributed by atoms with Crippen molar-refractivity contribution in [2.75, 3.05) is 7.11 Å². The third-order valence-corrected chi connectivity index (χ3v) is 1.28. The molecule has 1 aromatic rings. The Morgan fingerprint density at radius 3 is 3.22 bits per heavy atom. The molecule has 0 aliphatic heterocycles. The first-order valence-electron chi connectivity index (χ1n) is 2.27. The highest BCUT2D eigenvalue weighted by atomic mass is 32.1. The summed E-state index contributed by atoms with van der Waals surface area (Å²) in [6, 6.07) is 0. The molecule has 0 radical (unpaired) electrons. The molecule has 1 heterocycles. The minimum atomic E-state index is 0.608. The fraction of sp³-hybridized carbons (Fsp3) is 0.250. The van der Waals surface area contributed by atoms with Crippen LogP contribution < -0.4 is 0 Å². The van der Waals surface area contributed by atoms with E-state index in [0.29, 0.717) is 5.13 Å². The van der Waals surface area contributed by atoms with E-state index in [0.717, 1.165) is 0 Å². The average molecular weight is 143 g/mol. The van der Waals surface area contributed by atoms with Crippen LogP contribution in [0.5, 0.6) is 0 Å². The molecule has 0 unspecified atom stereocenters. The van der Waals surface area contributed by atoms with Crippen LogP contribution in [0.1, 0.15) is 0 Å². The van der Waals surface area contributed by atoms with Crippen molar-refractivity contribution in [3.8, 4) is 0 Å². The standard InChI is InChI=1S/C4H5N3OS/c1-8-7-6-4-5-2-3-9-4/h2-3H,1H3/b7-6+. The smallest absolute Gasteiger partial charge is 0.233 e. The topological polar surface area (TPSA) is 46.8 Å². The van der Waals surface area contributed by atoms with Crippen LogP contribution in [-0.4, -0.2) is 12.1 Å². The largest absolute Gasteiger partial charge is 0.383 e. The Hall–Kier alpha value is -0.970. The lowest BCUT2D eigenvalue weighted by Gasteiger charge is -1.79. The van der Waals surface area contributed by atoms with Crippen LogP contribution in [0, 0.1) is 0 Å². The normalized spacial score (nSPS) is 10.3. The van der Waals surface area contributed by atoms with E-state index in [1.54, 1.807) is 6.20 Å². The second-order valence-electron chi connectivity index (χ2n) is 1.18. The van der Waals surface area contributed by atoms with Crippen LogP contribution in [0.2, 0.25) is 0 Å². The van der Waals surface area contributed by atoms with Gasteiger partial charge in [0.25, 0.3) is 0 Å². The van der Waals surface area contributed by atoms with Crippen LogP contribution >= 0.6 is 11.3 Å². The first-order chi connectivity index (χ1) is 4.43. The van der Waals surface area contributed by atoms with Gasteiger partial charge < -0.3 is 4.84 Å². The van der Waals surface area contributed by atoms with Crippen LogP contribution in [0.3, 0.4) is 0 Å². The summed E-state index contributed by atoms with van der Waals surface area (Å²) < 4.78 is 0. The van der Waals surface area contributed by atoms with E-state index < -0.39 is 0 Å². The molecule has 0 bridgehead atoms. The van der Waals surface area contributed by atoms with Gasteiger partial charge in [-0.05, 0) is 0 Å². The maximum atomic E-state index is 4.34. The number of thiazole rings is 1. The molecule has 0 saturated carbocycles. The van der Waals surface area contributed by atoms with Gasteiger partial charge in [-0.1, -0.05) is 5.11 Å². The van der Waals surface area contributed by atoms with Gasteiger partial charge in [-0.3, -0.25) is 0 Å². The molecule has 5 heteroatoms. The van der Waals surface area contributed by atoms with Crippen molar-refractivity contribution >= 4 is 16.5 Å². The summed E-state index contributed by atoms with van der Waals surface area (Å²) >= 11 is 1.41. The van der Waals surface area contributed by atoms with Gasteiger partial charge in [-0.2, -0.15) is 0 Å². The molecule has 0 N–H and O–H groups in total. The molecule has 1 aromatic heterocycles. The van der Waals surface area contributed by atoms with Crippen LogP contribution in [0.4, 0.5) is 5.13 Å². The second-order valence-corrected chi connectivity index (χ2v) is 2.05. The Bertz CT molecular complexity index is 184. The zero-order chi connectivity index (χ0) is 6.53. The Balaban J connectivity index is 2.57. The third-order valence-electron chi connectivity index (χ3n) is 0.627. The van der Waals surface area contributed by atoms with Crippen molar-refractivity contribution in [3.05, 3.63) is 11.6 Å². The Morgan fingerprint density at radius 1 is 1.78 bits per heavy atom. The summed E-state index contributed by atoms with van der Waals surface area (Å²) in [6.45, 7) is 0. The molecule has 0 fully saturated rings. The minimum Gasteiger partial charge on any atom is -0.383 e. The predicted molar refractivity (Wildman–Crippen MR) is 33.6 cm³/mol. The molecule has 0 aromatic carbocycles. The summed E-state index contributed by atoms with van der Waals surface area (Å²) in [6.07, 6.45) is 1.66. The highest BCUT2D eigenvalue weighted by Crippen LogP contribution is 2.14. The van der Waals surface area contributed by atoms with Gasteiger partial charge >= 0.3 is 0 Å². The first-order valence-corrected chi connectivity index (χ1v) is 3.15. The molecule has 1 rings (SSSR count). The molecule has 48 valence electrons. The zero-order valence-electron chi connectivity index (χ0n) is 4.81. The maximum Gasteiger partial charge on any atom is 0.233 e. The van der Waals surface area contributed by atoms with E-state index in [-0.39, 0.29) is 0 Å². The molecule has 0 atom stereocenters. The summed E-state index contributed by atoms with van der Waals surface area (Å²) in [5.74, 6) is 0. The molecule has 0 aliphatic carbocycles. The summed E-state index contributed by atoms with van der Waals surface area (Å²) in [7, 11) is 1.44. The molecule has 0 saturated heterocycles.